The van der Waals surface area contributed by atoms with Crippen LogP contribution >= 0.6 is 0 Å². The first-order valence-electron chi connectivity index (χ1n) is 10.1. The van der Waals surface area contributed by atoms with E-state index in [0.29, 0.717) is 34.6 Å². The van der Waals surface area contributed by atoms with Gasteiger partial charge in [-0.05, 0) is 54.8 Å². The van der Waals surface area contributed by atoms with Gasteiger partial charge in [0.15, 0.2) is 11.5 Å². The number of carbonyl (C=O) groups is 1. The van der Waals surface area contributed by atoms with Crippen LogP contribution in [0.3, 0.4) is 0 Å². The number of aryl methyl sites for hydroxylation is 1. The molecule has 7 nitrogen and oxygen atoms in total. The number of benzene rings is 2. The Morgan fingerprint density at radius 3 is 2.90 bits per heavy atom. The van der Waals surface area contributed by atoms with Crippen molar-refractivity contribution in [3.63, 3.8) is 0 Å². The molecular formula is C23H21N3O4. The maximum atomic E-state index is 12.9. The molecule has 3 aromatic rings. The lowest BCUT2D eigenvalue weighted by molar-refractivity contribution is -0.111. The van der Waals surface area contributed by atoms with E-state index < -0.39 is 0 Å². The van der Waals surface area contributed by atoms with Crippen molar-refractivity contribution in [3.8, 4) is 11.5 Å². The summed E-state index contributed by atoms with van der Waals surface area (Å²) in [5, 5.41) is 3.34. The zero-order valence-electron chi connectivity index (χ0n) is 16.4. The van der Waals surface area contributed by atoms with Crippen LogP contribution in [0.5, 0.6) is 11.5 Å². The first-order chi connectivity index (χ1) is 14.7. The molecule has 0 bridgehead atoms. The van der Waals surface area contributed by atoms with Gasteiger partial charge >= 0.3 is 0 Å². The summed E-state index contributed by atoms with van der Waals surface area (Å²) in [6.07, 6.45) is 7.13. The van der Waals surface area contributed by atoms with Crippen LogP contribution in [0.4, 0.5) is 5.69 Å². The third kappa shape index (κ3) is 3.54. The lowest BCUT2D eigenvalue weighted by atomic mass is 10.2. The molecule has 152 valence electrons. The van der Waals surface area contributed by atoms with Gasteiger partial charge < -0.3 is 14.8 Å². The average molecular weight is 403 g/mol. The Morgan fingerprint density at radius 2 is 1.97 bits per heavy atom. The molecule has 1 aromatic heterocycles. The number of aromatic nitrogens is 2. The molecule has 0 spiro atoms. The van der Waals surface area contributed by atoms with Gasteiger partial charge in [0.2, 0.25) is 12.7 Å². The Bertz CT molecular complexity index is 1230. The highest BCUT2D eigenvalue weighted by atomic mass is 16.7. The number of ether oxygens (including phenoxy) is 2. The molecule has 2 aliphatic heterocycles. The number of hydrogen-bond acceptors (Lipinski definition) is 5. The molecule has 2 aromatic carbocycles. The van der Waals surface area contributed by atoms with Crippen molar-refractivity contribution >= 4 is 28.6 Å². The van der Waals surface area contributed by atoms with E-state index in [0.717, 1.165) is 37.1 Å². The highest BCUT2D eigenvalue weighted by molar-refractivity contribution is 6.02. The molecule has 0 radical (unpaired) electrons. The number of nitrogens with one attached hydrogen (secondary N) is 1. The number of anilines is 1. The lowest BCUT2D eigenvalue weighted by Crippen LogP contribution is -2.24. The predicted molar refractivity (Wildman–Crippen MR) is 114 cm³/mol. The summed E-state index contributed by atoms with van der Waals surface area (Å²) in [7, 11) is 0. The van der Waals surface area contributed by atoms with E-state index in [-0.39, 0.29) is 18.3 Å². The quantitative estimate of drug-likeness (QED) is 0.677. The zero-order chi connectivity index (χ0) is 20.5. The van der Waals surface area contributed by atoms with E-state index in [1.165, 1.54) is 6.08 Å². The van der Waals surface area contributed by atoms with Gasteiger partial charge in [-0.2, -0.15) is 0 Å². The number of nitrogens with zero attached hydrogens (tertiary/aromatic N) is 2. The standard InChI is InChI=1S/C23H21N3O4/c27-22(10-6-15-5-9-19-20(12-15)30-14-29-19)24-16-7-8-18-17(13-16)23(28)26-11-3-1-2-4-21(26)25-18/h5-10,12-13H,1-4,11,14H2,(H,24,27). The van der Waals surface area contributed by atoms with E-state index in [1.54, 1.807) is 28.8 Å². The van der Waals surface area contributed by atoms with Gasteiger partial charge in [0.05, 0.1) is 10.9 Å². The van der Waals surface area contributed by atoms with Crippen LogP contribution < -0.4 is 20.3 Å². The number of carbonyl (C=O) groups excluding carboxylic acids is 1. The van der Waals surface area contributed by atoms with E-state index in [4.69, 9.17) is 9.47 Å². The zero-order valence-corrected chi connectivity index (χ0v) is 16.4. The van der Waals surface area contributed by atoms with Crippen molar-refractivity contribution in [2.75, 3.05) is 12.1 Å². The molecule has 0 atom stereocenters. The SMILES string of the molecule is O=C(C=Cc1ccc2c(c1)OCO2)Nc1ccc2nc3n(c(=O)c2c1)CCCCC3. The lowest BCUT2D eigenvalue weighted by Gasteiger charge is -2.11. The molecule has 30 heavy (non-hydrogen) atoms. The fourth-order valence-electron chi connectivity index (χ4n) is 3.87. The van der Waals surface area contributed by atoms with E-state index in [1.807, 2.05) is 18.2 Å². The van der Waals surface area contributed by atoms with Crippen LogP contribution in [0.2, 0.25) is 0 Å². The third-order valence-electron chi connectivity index (χ3n) is 5.41. The van der Waals surface area contributed by atoms with Gasteiger partial charge in [-0.1, -0.05) is 12.5 Å². The van der Waals surface area contributed by atoms with Gasteiger partial charge in [0.1, 0.15) is 5.82 Å². The first-order valence-corrected chi connectivity index (χ1v) is 10.1. The highest BCUT2D eigenvalue weighted by Crippen LogP contribution is 2.32. The van der Waals surface area contributed by atoms with Gasteiger partial charge in [0, 0.05) is 24.7 Å². The minimum atomic E-state index is -0.283. The van der Waals surface area contributed by atoms with Crippen LogP contribution in [0.1, 0.15) is 30.7 Å². The highest BCUT2D eigenvalue weighted by Gasteiger charge is 2.15. The van der Waals surface area contributed by atoms with Crippen LogP contribution in [0, 0.1) is 0 Å². The third-order valence-corrected chi connectivity index (χ3v) is 5.41. The topological polar surface area (TPSA) is 82.4 Å². The summed E-state index contributed by atoms with van der Waals surface area (Å²) < 4.78 is 12.4. The maximum Gasteiger partial charge on any atom is 0.261 e. The summed E-state index contributed by atoms with van der Waals surface area (Å²) >= 11 is 0. The molecule has 0 unspecified atom stereocenters. The smallest absolute Gasteiger partial charge is 0.261 e. The van der Waals surface area contributed by atoms with Crippen LogP contribution in [0.15, 0.2) is 47.3 Å². The molecule has 0 saturated carbocycles. The average Bonchev–Trinajstić information content (AvgIpc) is 3.09. The summed E-state index contributed by atoms with van der Waals surface area (Å²) in [5.41, 5.74) is 2.03. The maximum absolute atomic E-state index is 12.9. The molecular weight excluding hydrogens is 382 g/mol. The molecule has 1 N–H and O–H groups in total. The van der Waals surface area contributed by atoms with Gasteiger partial charge in [-0.15, -0.1) is 0 Å². The van der Waals surface area contributed by atoms with Crippen LogP contribution in [-0.4, -0.2) is 22.3 Å². The van der Waals surface area contributed by atoms with Crippen molar-refractivity contribution < 1.29 is 14.3 Å². The van der Waals surface area contributed by atoms with Gasteiger partial charge in [-0.25, -0.2) is 4.98 Å². The molecule has 7 heteroatoms. The summed E-state index contributed by atoms with van der Waals surface area (Å²) in [4.78, 5) is 30.0. The first kappa shape index (κ1) is 18.4. The normalized spacial score (nSPS) is 15.2. The Labute approximate surface area is 173 Å². The summed E-state index contributed by atoms with van der Waals surface area (Å²) in [5.74, 6) is 1.94. The Balaban J connectivity index is 1.36. The number of amides is 1. The minimum absolute atomic E-state index is 0.0381. The Kier molecular flexibility index (Phi) is 4.71. The van der Waals surface area contributed by atoms with E-state index >= 15 is 0 Å². The molecule has 5 rings (SSSR count). The van der Waals surface area contributed by atoms with Crippen molar-refractivity contribution in [2.45, 2.75) is 32.2 Å². The number of rotatable bonds is 3. The van der Waals surface area contributed by atoms with Crippen LogP contribution in [-0.2, 0) is 17.8 Å². The van der Waals surface area contributed by atoms with E-state index in [2.05, 4.69) is 10.3 Å². The Hall–Kier alpha value is -3.61. The van der Waals surface area contributed by atoms with Crippen molar-refractivity contribution in [3.05, 3.63) is 64.2 Å². The van der Waals surface area contributed by atoms with Crippen molar-refractivity contribution in [1.29, 1.82) is 0 Å². The van der Waals surface area contributed by atoms with Crippen LogP contribution in [0.25, 0.3) is 17.0 Å². The molecule has 1 amide bonds. The predicted octanol–water partition coefficient (Wildman–Crippen LogP) is 3.50. The molecule has 0 saturated heterocycles. The molecule has 0 aliphatic carbocycles. The molecule has 3 heterocycles. The number of hydrogen-bond donors (Lipinski definition) is 1. The minimum Gasteiger partial charge on any atom is -0.454 e. The fourth-order valence-corrected chi connectivity index (χ4v) is 3.87. The van der Waals surface area contributed by atoms with Gasteiger partial charge in [-0.3, -0.25) is 14.2 Å². The Morgan fingerprint density at radius 1 is 1.07 bits per heavy atom. The summed E-state index contributed by atoms with van der Waals surface area (Å²) in [6, 6.07) is 10.8. The second-order valence-electron chi connectivity index (χ2n) is 7.46. The number of fused-ring (bicyclic) bond motifs is 3. The van der Waals surface area contributed by atoms with Crippen molar-refractivity contribution in [1.82, 2.24) is 9.55 Å². The van der Waals surface area contributed by atoms with E-state index in [9.17, 15) is 9.59 Å². The monoisotopic (exact) mass is 403 g/mol. The molecule has 2 aliphatic rings. The molecule has 0 fully saturated rings. The van der Waals surface area contributed by atoms with Crippen molar-refractivity contribution in [2.24, 2.45) is 0 Å². The second-order valence-corrected chi connectivity index (χ2v) is 7.46. The summed E-state index contributed by atoms with van der Waals surface area (Å²) in [6.45, 7) is 0.912. The van der Waals surface area contributed by atoms with Gasteiger partial charge in [0.25, 0.3) is 5.56 Å². The second kappa shape index (κ2) is 7.67. The largest absolute Gasteiger partial charge is 0.454 e. The fraction of sp³-hybridized carbons (Fsp3) is 0.261.